The van der Waals surface area contributed by atoms with Crippen LogP contribution in [0.4, 0.5) is 0 Å². The second-order valence-corrected chi connectivity index (χ2v) is 6.62. The van der Waals surface area contributed by atoms with Gasteiger partial charge in [0, 0.05) is 17.2 Å². The predicted molar refractivity (Wildman–Crippen MR) is 81.9 cm³/mol. The third-order valence-corrected chi connectivity index (χ3v) is 4.29. The molecule has 0 fully saturated rings. The van der Waals surface area contributed by atoms with Gasteiger partial charge in [0.05, 0.1) is 12.5 Å². The molecule has 0 radical (unpaired) electrons. The molecule has 0 aromatic heterocycles. The van der Waals surface area contributed by atoms with Crippen molar-refractivity contribution in [1.29, 1.82) is 0 Å². The van der Waals surface area contributed by atoms with E-state index in [4.69, 9.17) is 11.6 Å². The third kappa shape index (κ3) is 7.31. The Morgan fingerprint density at radius 3 is 2.35 bits per heavy atom. The fraction of sp³-hybridized carbons (Fsp3) is 0.385. The van der Waals surface area contributed by atoms with Gasteiger partial charge in [-0.05, 0) is 12.1 Å². The van der Waals surface area contributed by atoms with Crippen LogP contribution >= 0.6 is 35.1 Å². The van der Waals surface area contributed by atoms with Gasteiger partial charge in [0.1, 0.15) is 5.44 Å². The highest BCUT2D eigenvalue weighted by atomic mass is 35.5. The summed E-state index contributed by atoms with van der Waals surface area (Å²) in [6, 6.07) is 9.07. The van der Waals surface area contributed by atoms with Crippen molar-refractivity contribution in [2.45, 2.75) is 29.3 Å². The lowest BCUT2D eigenvalue weighted by molar-refractivity contribution is -0.112. The van der Waals surface area contributed by atoms with Crippen LogP contribution in [0, 0.1) is 0 Å². The lowest BCUT2D eigenvalue weighted by Crippen LogP contribution is -2.16. The fourth-order valence-electron chi connectivity index (χ4n) is 1.29. The molecular formula is C13H15ClO4S2. The Hall–Kier alpha value is -0.530. The Morgan fingerprint density at radius 2 is 1.75 bits per heavy atom. The Balaban J connectivity index is 2.33. The molecule has 0 aliphatic carbocycles. The molecule has 0 bridgehead atoms. The molecule has 7 heteroatoms. The first-order valence-electron chi connectivity index (χ1n) is 5.88. The zero-order valence-corrected chi connectivity index (χ0v) is 13.0. The quantitative estimate of drug-likeness (QED) is 0.452. The van der Waals surface area contributed by atoms with Gasteiger partial charge in [-0.15, -0.1) is 11.6 Å². The van der Waals surface area contributed by atoms with Crippen LogP contribution in [0.2, 0.25) is 0 Å². The summed E-state index contributed by atoms with van der Waals surface area (Å²) >= 11 is 7.05. The average Bonchev–Trinajstić information content (AvgIpc) is 2.38. The Bertz CT molecular complexity index is 441. The summed E-state index contributed by atoms with van der Waals surface area (Å²) in [5, 5.41) is 18.2. The van der Waals surface area contributed by atoms with Gasteiger partial charge in [0.15, 0.2) is 10.2 Å². The molecule has 0 saturated heterocycles. The van der Waals surface area contributed by atoms with E-state index in [1.807, 2.05) is 18.2 Å². The van der Waals surface area contributed by atoms with Crippen LogP contribution in [0.5, 0.6) is 0 Å². The maximum absolute atomic E-state index is 11.7. The minimum Gasteiger partial charge on any atom is -0.391 e. The number of rotatable bonds is 7. The van der Waals surface area contributed by atoms with Crippen molar-refractivity contribution in [1.82, 2.24) is 0 Å². The van der Waals surface area contributed by atoms with E-state index < -0.39 is 11.5 Å². The van der Waals surface area contributed by atoms with Gasteiger partial charge in [-0.3, -0.25) is 9.59 Å². The van der Waals surface area contributed by atoms with Crippen LogP contribution in [0.15, 0.2) is 35.2 Å². The van der Waals surface area contributed by atoms with E-state index in [9.17, 15) is 19.8 Å². The Labute approximate surface area is 130 Å². The minimum absolute atomic E-state index is 0.0365. The first-order chi connectivity index (χ1) is 9.51. The van der Waals surface area contributed by atoms with E-state index in [0.29, 0.717) is 11.8 Å². The topological polar surface area (TPSA) is 74.6 Å². The number of carbonyl (C=O) groups excluding carboxylic acids is 2. The summed E-state index contributed by atoms with van der Waals surface area (Å²) in [5.74, 6) is -0.0365. The van der Waals surface area contributed by atoms with Gasteiger partial charge >= 0.3 is 0 Å². The SMILES string of the molecule is O=C(CC(O)SC(=O)CC(O)CCl)Sc1ccccc1. The maximum atomic E-state index is 11.7. The largest absolute Gasteiger partial charge is 0.391 e. The lowest BCUT2D eigenvalue weighted by Gasteiger charge is -2.09. The van der Waals surface area contributed by atoms with Crippen LogP contribution in [-0.2, 0) is 9.59 Å². The molecule has 4 nitrogen and oxygen atoms in total. The summed E-state index contributed by atoms with van der Waals surface area (Å²) in [7, 11) is 0. The molecule has 0 heterocycles. The second kappa shape index (κ2) is 9.41. The summed E-state index contributed by atoms with van der Waals surface area (Å²) in [5.41, 5.74) is -1.10. The normalized spacial score (nSPS) is 13.8. The van der Waals surface area contributed by atoms with Crippen LogP contribution in [0.25, 0.3) is 0 Å². The molecule has 2 atom stereocenters. The lowest BCUT2D eigenvalue weighted by atomic mass is 10.3. The number of halogens is 1. The number of aliphatic hydroxyl groups is 2. The molecule has 110 valence electrons. The maximum Gasteiger partial charge on any atom is 0.197 e. The van der Waals surface area contributed by atoms with E-state index in [1.54, 1.807) is 12.1 Å². The van der Waals surface area contributed by atoms with Crippen LogP contribution < -0.4 is 0 Å². The molecule has 1 aromatic carbocycles. The first-order valence-corrected chi connectivity index (χ1v) is 8.11. The third-order valence-electron chi connectivity index (χ3n) is 2.16. The molecule has 0 aliphatic rings. The van der Waals surface area contributed by atoms with Gasteiger partial charge in [0.2, 0.25) is 0 Å². The van der Waals surface area contributed by atoms with E-state index in [-0.39, 0.29) is 29.0 Å². The number of hydrogen-bond acceptors (Lipinski definition) is 6. The standard InChI is InChI=1S/C13H15ClO4S2/c14-8-9(15)6-11(16)20-13(18)7-12(17)19-10-4-2-1-3-5-10/h1-5,9,13,15,18H,6-8H2. The van der Waals surface area contributed by atoms with E-state index >= 15 is 0 Å². The molecule has 1 aromatic rings. The van der Waals surface area contributed by atoms with Crippen LogP contribution in [-0.4, -0.2) is 37.9 Å². The second-order valence-electron chi connectivity index (χ2n) is 3.95. The van der Waals surface area contributed by atoms with Crippen molar-refractivity contribution in [3.05, 3.63) is 30.3 Å². The first kappa shape index (κ1) is 17.5. The molecule has 0 spiro atoms. The number of aliphatic hydroxyl groups excluding tert-OH is 2. The fourth-order valence-corrected chi connectivity index (χ4v) is 3.13. The summed E-state index contributed by atoms with van der Waals surface area (Å²) < 4.78 is 0. The van der Waals surface area contributed by atoms with E-state index in [0.717, 1.165) is 16.7 Å². The Kier molecular flexibility index (Phi) is 8.25. The number of hydrogen-bond donors (Lipinski definition) is 2. The molecule has 2 unspecified atom stereocenters. The summed E-state index contributed by atoms with van der Waals surface area (Å²) in [6.45, 7) is 0. The highest BCUT2D eigenvalue weighted by Gasteiger charge is 2.18. The van der Waals surface area contributed by atoms with Gasteiger partial charge in [-0.25, -0.2) is 0 Å². The van der Waals surface area contributed by atoms with Crippen molar-refractivity contribution >= 4 is 45.4 Å². The molecule has 0 saturated carbocycles. The molecule has 20 heavy (non-hydrogen) atoms. The molecule has 0 amide bonds. The van der Waals surface area contributed by atoms with Crippen LogP contribution in [0.1, 0.15) is 12.8 Å². The number of benzene rings is 1. The van der Waals surface area contributed by atoms with Crippen molar-refractivity contribution in [3.8, 4) is 0 Å². The molecule has 1 rings (SSSR count). The zero-order valence-electron chi connectivity index (χ0n) is 10.6. The summed E-state index contributed by atoms with van der Waals surface area (Å²) in [6.07, 6.45) is -1.18. The van der Waals surface area contributed by atoms with Gasteiger partial charge in [-0.2, -0.15) is 0 Å². The average molecular weight is 335 g/mol. The molecule has 0 aliphatic heterocycles. The smallest absolute Gasteiger partial charge is 0.197 e. The summed E-state index contributed by atoms with van der Waals surface area (Å²) in [4.78, 5) is 23.9. The highest BCUT2D eigenvalue weighted by molar-refractivity contribution is 8.15. The van der Waals surface area contributed by atoms with E-state index in [2.05, 4.69) is 0 Å². The van der Waals surface area contributed by atoms with Gasteiger partial charge < -0.3 is 10.2 Å². The van der Waals surface area contributed by atoms with Crippen LogP contribution in [0.3, 0.4) is 0 Å². The monoisotopic (exact) mass is 334 g/mol. The van der Waals surface area contributed by atoms with Gasteiger partial charge in [-0.1, -0.05) is 41.7 Å². The highest BCUT2D eigenvalue weighted by Crippen LogP contribution is 2.24. The van der Waals surface area contributed by atoms with E-state index in [1.165, 1.54) is 0 Å². The Morgan fingerprint density at radius 1 is 1.10 bits per heavy atom. The minimum atomic E-state index is -1.10. The zero-order chi connectivity index (χ0) is 15.0. The molecular weight excluding hydrogens is 320 g/mol. The molecule has 2 N–H and O–H groups in total. The van der Waals surface area contributed by atoms with Crippen molar-refractivity contribution in [2.24, 2.45) is 0 Å². The van der Waals surface area contributed by atoms with Crippen molar-refractivity contribution in [2.75, 3.05) is 5.88 Å². The predicted octanol–water partition coefficient (Wildman–Crippen LogP) is 2.26. The number of carbonyl (C=O) groups is 2. The number of alkyl halides is 1. The number of thioether (sulfide) groups is 2. The van der Waals surface area contributed by atoms with Crippen molar-refractivity contribution < 1.29 is 19.8 Å². The van der Waals surface area contributed by atoms with Gasteiger partial charge in [0.25, 0.3) is 0 Å². The van der Waals surface area contributed by atoms with Crippen molar-refractivity contribution in [3.63, 3.8) is 0 Å².